The number of aromatic nitrogens is 2. The van der Waals surface area contributed by atoms with Crippen LogP contribution in [-0.2, 0) is 0 Å². The number of carbonyl (C=O) groups excluding carboxylic acids is 1. The molecule has 1 unspecified atom stereocenters. The average molecular weight is 334 g/mol. The second kappa shape index (κ2) is 7.88. The van der Waals surface area contributed by atoms with Crippen molar-refractivity contribution in [2.75, 3.05) is 57.8 Å². The molecule has 0 aliphatic carbocycles. The van der Waals surface area contributed by atoms with E-state index in [0.29, 0.717) is 5.92 Å². The van der Waals surface area contributed by atoms with Crippen LogP contribution in [0.25, 0.3) is 0 Å². The lowest BCUT2D eigenvalue weighted by molar-refractivity contribution is 0.147. The number of hydrogen-bond acceptors (Lipinski definition) is 4. The molecule has 0 aromatic carbocycles. The standard InChI is InChI=1S/C17H30N6O/c1-3-8-21(2)17(24)23-9-4-5-14(13-23)15-12-16(20-19-15)22-10-6-18-7-11-22/h12,14,18H,3-11,13H2,1-2H3,(H,19,20). The number of hydrogen-bond donors (Lipinski definition) is 2. The molecule has 2 N–H and O–H groups in total. The highest BCUT2D eigenvalue weighted by Crippen LogP contribution is 2.28. The lowest BCUT2D eigenvalue weighted by Gasteiger charge is -2.34. The molecule has 2 aliphatic heterocycles. The van der Waals surface area contributed by atoms with E-state index in [1.165, 1.54) is 5.69 Å². The molecule has 3 heterocycles. The third kappa shape index (κ3) is 3.83. The van der Waals surface area contributed by atoms with E-state index >= 15 is 0 Å². The largest absolute Gasteiger partial charge is 0.353 e. The summed E-state index contributed by atoms with van der Waals surface area (Å²) in [6, 6.07) is 2.34. The van der Waals surface area contributed by atoms with Gasteiger partial charge in [0, 0.05) is 70.5 Å². The van der Waals surface area contributed by atoms with Crippen molar-refractivity contribution in [1.29, 1.82) is 0 Å². The molecule has 2 fully saturated rings. The Bertz CT molecular complexity index is 539. The van der Waals surface area contributed by atoms with Crippen LogP contribution in [0.4, 0.5) is 10.6 Å². The number of nitrogens with zero attached hydrogens (tertiary/aromatic N) is 4. The van der Waals surface area contributed by atoms with Gasteiger partial charge in [-0.3, -0.25) is 5.10 Å². The minimum atomic E-state index is 0.156. The first-order chi connectivity index (χ1) is 11.7. The van der Waals surface area contributed by atoms with Crippen molar-refractivity contribution in [2.24, 2.45) is 0 Å². The van der Waals surface area contributed by atoms with Gasteiger partial charge in [0.25, 0.3) is 0 Å². The van der Waals surface area contributed by atoms with Gasteiger partial charge >= 0.3 is 6.03 Å². The first-order valence-electron chi connectivity index (χ1n) is 9.20. The van der Waals surface area contributed by atoms with Crippen LogP contribution in [0.5, 0.6) is 0 Å². The fourth-order valence-corrected chi connectivity index (χ4v) is 3.67. The van der Waals surface area contributed by atoms with Crippen LogP contribution in [0.2, 0.25) is 0 Å². The molecular formula is C17H30N6O. The summed E-state index contributed by atoms with van der Waals surface area (Å²) in [7, 11) is 1.90. The zero-order valence-electron chi connectivity index (χ0n) is 14.9. The molecule has 7 heteroatoms. The maximum atomic E-state index is 12.5. The zero-order chi connectivity index (χ0) is 16.9. The summed E-state index contributed by atoms with van der Waals surface area (Å²) < 4.78 is 0. The number of nitrogens with one attached hydrogen (secondary N) is 2. The summed E-state index contributed by atoms with van der Waals surface area (Å²) in [5.74, 6) is 1.40. The lowest BCUT2D eigenvalue weighted by atomic mass is 9.95. The van der Waals surface area contributed by atoms with E-state index < -0.39 is 0 Å². The van der Waals surface area contributed by atoms with E-state index in [0.717, 1.165) is 70.9 Å². The van der Waals surface area contributed by atoms with E-state index in [2.05, 4.69) is 33.4 Å². The van der Waals surface area contributed by atoms with Crippen LogP contribution in [0.15, 0.2) is 6.07 Å². The Hall–Kier alpha value is -1.76. The van der Waals surface area contributed by atoms with Crippen molar-refractivity contribution in [3.8, 4) is 0 Å². The van der Waals surface area contributed by atoms with Gasteiger partial charge in [0.05, 0.1) is 0 Å². The van der Waals surface area contributed by atoms with E-state index in [9.17, 15) is 4.79 Å². The fourth-order valence-electron chi connectivity index (χ4n) is 3.67. The predicted molar refractivity (Wildman–Crippen MR) is 95.5 cm³/mol. The van der Waals surface area contributed by atoms with Crippen molar-refractivity contribution in [1.82, 2.24) is 25.3 Å². The monoisotopic (exact) mass is 334 g/mol. The summed E-state index contributed by atoms with van der Waals surface area (Å²) >= 11 is 0. The highest BCUT2D eigenvalue weighted by Gasteiger charge is 2.28. The normalized spacial score (nSPS) is 21.8. The van der Waals surface area contributed by atoms with E-state index in [1.807, 2.05) is 16.8 Å². The Morgan fingerprint density at radius 1 is 1.38 bits per heavy atom. The second-order valence-corrected chi connectivity index (χ2v) is 6.91. The number of urea groups is 1. The minimum absolute atomic E-state index is 0.156. The maximum Gasteiger partial charge on any atom is 0.319 e. The molecule has 1 aromatic rings. The number of rotatable bonds is 4. The smallest absolute Gasteiger partial charge is 0.319 e. The molecular weight excluding hydrogens is 304 g/mol. The molecule has 2 aliphatic rings. The van der Waals surface area contributed by atoms with Crippen LogP contribution in [0.3, 0.4) is 0 Å². The zero-order valence-corrected chi connectivity index (χ0v) is 14.9. The van der Waals surface area contributed by atoms with Gasteiger partial charge in [0.15, 0.2) is 5.82 Å². The van der Waals surface area contributed by atoms with Crippen LogP contribution in [-0.4, -0.2) is 78.9 Å². The molecule has 134 valence electrons. The topological polar surface area (TPSA) is 67.5 Å². The number of H-pyrrole nitrogens is 1. The Kier molecular flexibility index (Phi) is 5.60. The number of carbonyl (C=O) groups is 1. The third-order valence-electron chi connectivity index (χ3n) is 5.04. The molecule has 1 aromatic heterocycles. The lowest BCUT2D eigenvalue weighted by Crippen LogP contribution is -2.46. The van der Waals surface area contributed by atoms with Gasteiger partial charge in [-0.15, -0.1) is 0 Å². The Morgan fingerprint density at radius 3 is 2.92 bits per heavy atom. The number of likely N-dealkylation sites (tertiary alicyclic amines) is 1. The molecule has 2 saturated heterocycles. The van der Waals surface area contributed by atoms with Crippen molar-refractivity contribution < 1.29 is 4.79 Å². The first kappa shape index (κ1) is 17.1. The molecule has 0 spiro atoms. The molecule has 1 atom stereocenters. The quantitative estimate of drug-likeness (QED) is 0.875. The first-order valence-corrected chi connectivity index (χ1v) is 9.20. The number of aromatic amines is 1. The number of piperazine rings is 1. The summed E-state index contributed by atoms with van der Waals surface area (Å²) in [4.78, 5) is 18.7. The van der Waals surface area contributed by atoms with Gasteiger partial charge in [-0.2, -0.15) is 5.10 Å². The SMILES string of the molecule is CCCN(C)C(=O)N1CCCC(c2cc(N3CCNCC3)n[nH]2)C1. The number of anilines is 1. The Morgan fingerprint density at radius 2 is 2.17 bits per heavy atom. The predicted octanol–water partition coefficient (Wildman–Crippen LogP) is 1.46. The number of amides is 2. The number of piperidine rings is 1. The van der Waals surface area contributed by atoms with Crippen molar-refractivity contribution in [3.63, 3.8) is 0 Å². The molecule has 24 heavy (non-hydrogen) atoms. The van der Waals surface area contributed by atoms with Crippen molar-refractivity contribution in [2.45, 2.75) is 32.1 Å². The summed E-state index contributed by atoms with van der Waals surface area (Å²) in [5.41, 5.74) is 1.17. The highest BCUT2D eigenvalue weighted by molar-refractivity contribution is 5.74. The van der Waals surface area contributed by atoms with Crippen LogP contribution < -0.4 is 10.2 Å². The summed E-state index contributed by atoms with van der Waals surface area (Å²) in [6.07, 6.45) is 3.16. The van der Waals surface area contributed by atoms with Gasteiger partial charge in [0.1, 0.15) is 0 Å². The Balaban J connectivity index is 1.62. The molecule has 2 amide bonds. The molecule has 0 bridgehead atoms. The fraction of sp³-hybridized carbons (Fsp3) is 0.765. The minimum Gasteiger partial charge on any atom is -0.353 e. The van der Waals surface area contributed by atoms with Gasteiger partial charge in [-0.25, -0.2) is 4.79 Å². The van der Waals surface area contributed by atoms with Gasteiger partial charge in [-0.05, 0) is 19.3 Å². The molecule has 7 nitrogen and oxygen atoms in total. The molecule has 0 radical (unpaired) electrons. The van der Waals surface area contributed by atoms with Crippen LogP contribution in [0.1, 0.15) is 37.8 Å². The Labute approximate surface area is 144 Å². The van der Waals surface area contributed by atoms with Crippen molar-refractivity contribution >= 4 is 11.8 Å². The third-order valence-corrected chi connectivity index (χ3v) is 5.04. The van der Waals surface area contributed by atoms with E-state index in [1.54, 1.807) is 0 Å². The van der Waals surface area contributed by atoms with E-state index in [-0.39, 0.29) is 6.03 Å². The maximum absolute atomic E-state index is 12.5. The highest BCUT2D eigenvalue weighted by atomic mass is 16.2. The van der Waals surface area contributed by atoms with E-state index in [4.69, 9.17) is 0 Å². The average Bonchev–Trinajstić information content (AvgIpc) is 3.12. The van der Waals surface area contributed by atoms with Crippen molar-refractivity contribution in [3.05, 3.63) is 11.8 Å². The van der Waals surface area contributed by atoms with Gasteiger partial charge in [0.2, 0.25) is 0 Å². The summed E-state index contributed by atoms with van der Waals surface area (Å²) in [5, 5.41) is 11.1. The van der Waals surface area contributed by atoms with Gasteiger partial charge in [-0.1, -0.05) is 6.92 Å². The van der Waals surface area contributed by atoms with Crippen LogP contribution in [0, 0.1) is 0 Å². The second-order valence-electron chi connectivity index (χ2n) is 6.91. The van der Waals surface area contributed by atoms with Gasteiger partial charge < -0.3 is 20.0 Å². The molecule has 0 saturated carbocycles. The van der Waals surface area contributed by atoms with Crippen LogP contribution >= 0.6 is 0 Å². The molecule has 3 rings (SSSR count). The summed E-state index contributed by atoms with van der Waals surface area (Å²) in [6.45, 7) is 8.60.